The molecular weight excluding hydrogens is 314 g/mol. The molecule has 2 rings (SSSR count). The second-order valence-electron chi connectivity index (χ2n) is 5.19. The van der Waals surface area contributed by atoms with Gasteiger partial charge in [0.25, 0.3) is 0 Å². The van der Waals surface area contributed by atoms with E-state index in [0.29, 0.717) is 16.3 Å². The summed E-state index contributed by atoms with van der Waals surface area (Å²) in [4.78, 5) is 23.1. The first-order valence-electron chi connectivity index (χ1n) is 7.25. The van der Waals surface area contributed by atoms with Crippen molar-refractivity contribution in [3.63, 3.8) is 0 Å². The highest BCUT2D eigenvalue weighted by Crippen LogP contribution is 2.19. The number of nitrogens with one attached hydrogen (secondary N) is 1. The summed E-state index contributed by atoms with van der Waals surface area (Å²) in [6.07, 6.45) is 0.233. The van der Waals surface area contributed by atoms with Gasteiger partial charge in [-0.2, -0.15) is 0 Å². The van der Waals surface area contributed by atoms with Gasteiger partial charge in [0.2, 0.25) is 5.91 Å². The lowest BCUT2D eigenvalue weighted by molar-refractivity contribution is -0.116. The van der Waals surface area contributed by atoms with Gasteiger partial charge in [0.1, 0.15) is 5.75 Å². The number of carbonyl (C=O) groups is 2. The van der Waals surface area contributed by atoms with Crippen LogP contribution in [0.2, 0.25) is 5.02 Å². The Balaban J connectivity index is 1.81. The predicted molar refractivity (Wildman–Crippen MR) is 91.4 cm³/mol. The largest absolute Gasteiger partial charge is 0.493 e. The average molecular weight is 332 g/mol. The van der Waals surface area contributed by atoms with Crippen molar-refractivity contribution in [3.8, 4) is 5.75 Å². The van der Waals surface area contributed by atoms with Crippen LogP contribution in [0, 0.1) is 6.92 Å². The number of anilines is 1. The van der Waals surface area contributed by atoms with Crippen LogP contribution < -0.4 is 10.1 Å². The lowest BCUT2D eigenvalue weighted by Gasteiger charge is -2.10. The number of carbonyl (C=O) groups excluding carboxylic acids is 2. The molecule has 2 aromatic carbocycles. The first-order valence-corrected chi connectivity index (χ1v) is 7.63. The molecule has 1 amide bonds. The van der Waals surface area contributed by atoms with E-state index in [1.165, 1.54) is 6.92 Å². The average Bonchev–Trinajstić information content (AvgIpc) is 2.50. The van der Waals surface area contributed by atoms with Crippen LogP contribution in [-0.2, 0) is 4.79 Å². The van der Waals surface area contributed by atoms with Crippen molar-refractivity contribution in [1.29, 1.82) is 0 Å². The van der Waals surface area contributed by atoms with Crippen LogP contribution in [0.25, 0.3) is 0 Å². The molecule has 2 aromatic rings. The minimum atomic E-state index is -0.129. The van der Waals surface area contributed by atoms with Crippen molar-refractivity contribution in [2.75, 3.05) is 11.9 Å². The Kier molecular flexibility index (Phi) is 5.77. The smallest absolute Gasteiger partial charge is 0.227 e. The van der Waals surface area contributed by atoms with Crippen LogP contribution >= 0.6 is 11.6 Å². The first kappa shape index (κ1) is 17.0. The second-order valence-corrected chi connectivity index (χ2v) is 5.62. The molecule has 0 aromatic heterocycles. The van der Waals surface area contributed by atoms with Gasteiger partial charge in [0.15, 0.2) is 5.78 Å². The van der Waals surface area contributed by atoms with Crippen LogP contribution in [0.5, 0.6) is 5.75 Å². The van der Waals surface area contributed by atoms with E-state index in [0.717, 1.165) is 11.3 Å². The summed E-state index contributed by atoms with van der Waals surface area (Å²) in [6.45, 7) is 3.66. The van der Waals surface area contributed by atoms with Gasteiger partial charge >= 0.3 is 0 Å². The highest BCUT2D eigenvalue weighted by Gasteiger charge is 2.06. The fourth-order valence-corrected chi connectivity index (χ4v) is 2.25. The van der Waals surface area contributed by atoms with Gasteiger partial charge in [-0.05, 0) is 61.9 Å². The molecule has 0 aliphatic carbocycles. The third-order valence-corrected chi connectivity index (χ3v) is 3.56. The van der Waals surface area contributed by atoms with Crippen molar-refractivity contribution < 1.29 is 14.3 Å². The van der Waals surface area contributed by atoms with Crippen molar-refractivity contribution in [2.24, 2.45) is 0 Å². The van der Waals surface area contributed by atoms with Gasteiger partial charge in [0, 0.05) is 16.3 Å². The number of halogens is 1. The summed E-state index contributed by atoms with van der Waals surface area (Å²) in [5.41, 5.74) is 2.28. The fourth-order valence-electron chi connectivity index (χ4n) is 2.03. The number of ether oxygens (including phenoxy) is 1. The molecule has 0 radical (unpaired) electrons. The molecule has 0 atom stereocenters. The minimum absolute atomic E-state index is 0.00858. The Morgan fingerprint density at radius 1 is 1.13 bits per heavy atom. The third kappa shape index (κ3) is 5.11. The van der Waals surface area contributed by atoms with Crippen molar-refractivity contribution in [1.82, 2.24) is 0 Å². The first-order chi connectivity index (χ1) is 11.0. The normalized spacial score (nSPS) is 10.2. The Bertz CT molecular complexity index is 711. The molecule has 0 unspecified atom stereocenters. The van der Waals surface area contributed by atoms with Gasteiger partial charge in [-0.1, -0.05) is 11.6 Å². The maximum atomic E-state index is 11.9. The molecule has 0 bridgehead atoms. The molecule has 1 N–H and O–H groups in total. The summed E-state index contributed by atoms with van der Waals surface area (Å²) in [5, 5.41) is 3.46. The van der Waals surface area contributed by atoms with E-state index in [9.17, 15) is 9.59 Å². The van der Waals surface area contributed by atoms with Crippen LogP contribution in [-0.4, -0.2) is 18.3 Å². The van der Waals surface area contributed by atoms with Crippen molar-refractivity contribution in [2.45, 2.75) is 20.3 Å². The van der Waals surface area contributed by atoms with E-state index in [1.54, 1.807) is 42.5 Å². The Morgan fingerprint density at radius 2 is 1.83 bits per heavy atom. The van der Waals surface area contributed by atoms with Crippen molar-refractivity contribution in [3.05, 3.63) is 58.6 Å². The number of hydrogen-bond donors (Lipinski definition) is 1. The summed E-state index contributed by atoms with van der Waals surface area (Å²) >= 11 is 5.88. The SMILES string of the molecule is CC(=O)c1ccc(OCCC(=O)Nc2ccc(Cl)cc2C)cc1. The standard InChI is InChI=1S/C18H18ClNO3/c1-12-11-15(19)5-8-17(12)20-18(22)9-10-23-16-6-3-14(4-7-16)13(2)21/h3-8,11H,9-10H2,1-2H3,(H,20,22). The van der Waals surface area contributed by atoms with Gasteiger partial charge in [-0.25, -0.2) is 0 Å². The fraction of sp³-hybridized carbons (Fsp3) is 0.222. The van der Waals surface area contributed by atoms with E-state index in [-0.39, 0.29) is 24.7 Å². The number of amides is 1. The zero-order chi connectivity index (χ0) is 16.8. The molecule has 23 heavy (non-hydrogen) atoms. The van der Waals surface area contributed by atoms with Crippen LogP contribution in [0.4, 0.5) is 5.69 Å². The highest BCUT2D eigenvalue weighted by molar-refractivity contribution is 6.30. The monoisotopic (exact) mass is 331 g/mol. The van der Waals surface area contributed by atoms with E-state index in [4.69, 9.17) is 16.3 Å². The van der Waals surface area contributed by atoms with Crippen LogP contribution in [0.15, 0.2) is 42.5 Å². The number of hydrogen-bond acceptors (Lipinski definition) is 3. The number of ketones is 1. The molecule has 0 spiro atoms. The Labute approximate surface area is 140 Å². The van der Waals surface area contributed by atoms with Gasteiger partial charge < -0.3 is 10.1 Å². The molecule has 0 saturated carbocycles. The van der Waals surface area contributed by atoms with Gasteiger partial charge in [0.05, 0.1) is 13.0 Å². The molecule has 0 aliphatic heterocycles. The van der Waals surface area contributed by atoms with E-state index in [1.807, 2.05) is 6.92 Å². The third-order valence-electron chi connectivity index (χ3n) is 3.32. The summed E-state index contributed by atoms with van der Waals surface area (Å²) in [5.74, 6) is 0.510. The maximum absolute atomic E-state index is 11.9. The number of benzene rings is 2. The molecule has 0 fully saturated rings. The van der Waals surface area contributed by atoms with Crippen molar-refractivity contribution >= 4 is 29.0 Å². The Hall–Kier alpha value is -2.33. The second kappa shape index (κ2) is 7.79. The zero-order valence-electron chi connectivity index (χ0n) is 13.1. The lowest BCUT2D eigenvalue weighted by atomic mass is 10.1. The summed E-state index contributed by atoms with van der Waals surface area (Å²) in [7, 11) is 0. The van der Waals surface area contributed by atoms with E-state index in [2.05, 4.69) is 5.32 Å². The molecule has 0 saturated heterocycles. The van der Waals surface area contributed by atoms with E-state index < -0.39 is 0 Å². The Morgan fingerprint density at radius 3 is 2.43 bits per heavy atom. The quantitative estimate of drug-likeness (QED) is 0.805. The lowest BCUT2D eigenvalue weighted by Crippen LogP contribution is -2.15. The topological polar surface area (TPSA) is 55.4 Å². The molecule has 5 heteroatoms. The van der Waals surface area contributed by atoms with Gasteiger partial charge in [-0.3, -0.25) is 9.59 Å². The predicted octanol–water partition coefficient (Wildman–Crippen LogP) is 4.26. The molecule has 120 valence electrons. The zero-order valence-corrected chi connectivity index (χ0v) is 13.8. The summed E-state index contributed by atoms with van der Waals surface area (Å²) in [6, 6.07) is 12.2. The summed E-state index contributed by atoms with van der Waals surface area (Å²) < 4.78 is 5.51. The highest BCUT2D eigenvalue weighted by atomic mass is 35.5. The molecule has 0 aliphatic rings. The molecule has 0 heterocycles. The number of rotatable bonds is 6. The molecule has 4 nitrogen and oxygen atoms in total. The van der Waals surface area contributed by atoms with Crippen LogP contribution in [0.3, 0.4) is 0 Å². The minimum Gasteiger partial charge on any atom is -0.493 e. The number of Topliss-reactive ketones (excluding diaryl/α,β-unsaturated/α-hetero) is 1. The number of aryl methyl sites for hydroxylation is 1. The van der Waals surface area contributed by atoms with Crippen LogP contribution in [0.1, 0.15) is 29.3 Å². The maximum Gasteiger partial charge on any atom is 0.227 e. The molecular formula is C18H18ClNO3. The van der Waals surface area contributed by atoms with Gasteiger partial charge in [-0.15, -0.1) is 0 Å². The van der Waals surface area contributed by atoms with E-state index >= 15 is 0 Å².